The molecule has 0 spiro atoms. The zero-order chi connectivity index (χ0) is 25.2. The van der Waals surface area contributed by atoms with Gasteiger partial charge in [0.15, 0.2) is 6.79 Å². The van der Waals surface area contributed by atoms with E-state index in [1.165, 1.54) is 11.3 Å². The Morgan fingerprint density at radius 3 is 2.49 bits per heavy atom. The van der Waals surface area contributed by atoms with Crippen LogP contribution in [0.15, 0.2) is 48.5 Å². The number of benzene rings is 2. The van der Waals surface area contributed by atoms with E-state index in [4.69, 9.17) is 18.9 Å². The molecule has 2 heterocycles. The van der Waals surface area contributed by atoms with E-state index in [2.05, 4.69) is 38.2 Å². The fourth-order valence-corrected chi connectivity index (χ4v) is 5.23. The first-order valence-corrected chi connectivity index (χ1v) is 12.2. The molecular weight excluding hydrogens is 462 g/mol. The van der Waals surface area contributed by atoms with Gasteiger partial charge in [-0.25, -0.2) is 4.79 Å². The summed E-state index contributed by atoms with van der Waals surface area (Å²) in [4.78, 5) is 14.5. The van der Waals surface area contributed by atoms with Crippen molar-refractivity contribution in [3.63, 3.8) is 0 Å². The van der Waals surface area contributed by atoms with Crippen LogP contribution in [0.1, 0.15) is 46.4 Å². The number of anilines is 1. The molecule has 1 aromatic heterocycles. The van der Waals surface area contributed by atoms with Crippen LogP contribution >= 0.6 is 11.3 Å². The smallest absolute Gasteiger partial charge is 0.348 e. The Kier molecular flexibility index (Phi) is 7.19. The number of carbonyl (C=O) groups excluding carboxylic acids is 1. The Labute approximate surface area is 210 Å². The number of thiophene rings is 1. The summed E-state index contributed by atoms with van der Waals surface area (Å²) in [7, 11) is 3.21. The summed E-state index contributed by atoms with van der Waals surface area (Å²) < 4.78 is 22.2. The van der Waals surface area contributed by atoms with Crippen LogP contribution in [0, 0.1) is 6.92 Å². The molecule has 184 valence electrons. The van der Waals surface area contributed by atoms with Gasteiger partial charge in [0.25, 0.3) is 0 Å². The van der Waals surface area contributed by atoms with Crippen molar-refractivity contribution in [3.05, 3.63) is 69.4 Å². The number of rotatable bonds is 8. The number of methoxy groups -OCH3 is 2. The highest BCUT2D eigenvalue weighted by Crippen LogP contribution is 2.43. The molecular formula is C28H31NO5S. The monoisotopic (exact) mass is 493 g/mol. The van der Waals surface area contributed by atoms with E-state index in [1.54, 1.807) is 20.3 Å². The van der Waals surface area contributed by atoms with Gasteiger partial charge in [0.1, 0.15) is 23.0 Å². The van der Waals surface area contributed by atoms with E-state index in [0.717, 1.165) is 38.4 Å². The zero-order valence-electron chi connectivity index (χ0n) is 21.0. The molecule has 0 amide bonds. The predicted octanol–water partition coefficient (Wildman–Crippen LogP) is 6.68. The summed E-state index contributed by atoms with van der Waals surface area (Å²) in [5, 5.41) is 3.59. The van der Waals surface area contributed by atoms with Gasteiger partial charge in [0.2, 0.25) is 0 Å². The Morgan fingerprint density at radius 1 is 1.03 bits per heavy atom. The van der Waals surface area contributed by atoms with Crippen LogP contribution in [-0.4, -0.2) is 32.5 Å². The van der Waals surface area contributed by atoms with Gasteiger partial charge in [-0.3, -0.25) is 0 Å². The van der Waals surface area contributed by atoms with Gasteiger partial charge in [-0.1, -0.05) is 12.1 Å². The number of hydrogen-bond donors (Lipinski definition) is 1. The maximum absolute atomic E-state index is 12.8. The molecule has 0 bridgehead atoms. The highest BCUT2D eigenvalue weighted by molar-refractivity contribution is 7.13. The minimum absolute atomic E-state index is 0.132. The summed E-state index contributed by atoms with van der Waals surface area (Å²) in [6.07, 6.45) is 2.20. The molecule has 0 atom stereocenters. The Hall–Kier alpha value is -3.29. The van der Waals surface area contributed by atoms with Crippen LogP contribution in [0.2, 0.25) is 0 Å². The van der Waals surface area contributed by atoms with Crippen LogP contribution in [0.5, 0.6) is 11.5 Å². The largest absolute Gasteiger partial charge is 0.496 e. The molecule has 0 unspecified atom stereocenters. The topological polar surface area (TPSA) is 66.0 Å². The number of esters is 1. The van der Waals surface area contributed by atoms with Gasteiger partial charge in [-0.2, -0.15) is 0 Å². The van der Waals surface area contributed by atoms with Gasteiger partial charge >= 0.3 is 5.97 Å². The van der Waals surface area contributed by atoms with Crippen LogP contribution < -0.4 is 14.8 Å². The Bertz CT molecular complexity index is 1270. The standard InChI is InChI=1S/C28H31NO5S/c1-17-14-28(3,4)29-23-11-10-20(21-9-8-19(34-16-31-5)13-24(21)32-6)22(26(17)23)15-33-27(30)25-12-7-18(2)35-25/h7-14,29H,15-16H2,1-6H3. The number of carbonyl (C=O) groups is 1. The van der Waals surface area contributed by atoms with Crippen molar-refractivity contribution in [3.8, 4) is 22.6 Å². The van der Waals surface area contributed by atoms with E-state index in [-0.39, 0.29) is 24.9 Å². The van der Waals surface area contributed by atoms with Crippen LogP contribution in [0.3, 0.4) is 0 Å². The number of ether oxygens (including phenoxy) is 4. The molecule has 1 aliphatic heterocycles. The van der Waals surface area contributed by atoms with E-state index >= 15 is 0 Å². The van der Waals surface area contributed by atoms with E-state index in [1.807, 2.05) is 37.3 Å². The first-order chi connectivity index (χ1) is 16.7. The van der Waals surface area contributed by atoms with Crippen molar-refractivity contribution in [1.82, 2.24) is 0 Å². The normalized spacial score (nSPS) is 13.9. The van der Waals surface area contributed by atoms with E-state index < -0.39 is 0 Å². The highest BCUT2D eigenvalue weighted by atomic mass is 32.1. The maximum Gasteiger partial charge on any atom is 0.348 e. The van der Waals surface area contributed by atoms with Crippen LogP contribution in [0.4, 0.5) is 5.69 Å². The molecule has 35 heavy (non-hydrogen) atoms. The SMILES string of the molecule is COCOc1ccc(-c2ccc3c(c2COC(=O)c2ccc(C)s2)C(C)=CC(C)(C)N3)c(OC)c1. The predicted molar refractivity (Wildman–Crippen MR) is 140 cm³/mol. The first-order valence-electron chi connectivity index (χ1n) is 11.4. The Balaban J connectivity index is 1.79. The lowest BCUT2D eigenvalue weighted by molar-refractivity contribution is 0.0478. The molecule has 7 heteroatoms. The third-order valence-electron chi connectivity index (χ3n) is 5.84. The van der Waals surface area contributed by atoms with Crippen LogP contribution in [0.25, 0.3) is 16.7 Å². The van der Waals surface area contributed by atoms with Crippen molar-refractivity contribution >= 4 is 28.6 Å². The van der Waals surface area contributed by atoms with Crippen LogP contribution in [-0.2, 0) is 16.1 Å². The average molecular weight is 494 g/mol. The second-order valence-electron chi connectivity index (χ2n) is 9.09. The average Bonchev–Trinajstić information content (AvgIpc) is 3.26. The molecule has 1 N–H and O–H groups in total. The van der Waals surface area contributed by atoms with Gasteiger partial charge < -0.3 is 24.3 Å². The number of nitrogens with one attached hydrogen (secondary N) is 1. The summed E-state index contributed by atoms with van der Waals surface area (Å²) in [5.74, 6) is 0.976. The van der Waals surface area contributed by atoms with Gasteiger partial charge in [0.05, 0.1) is 12.6 Å². The minimum Gasteiger partial charge on any atom is -0.496 e. The van der Waals surface area contributed by atoms with Crippen molar-refractivity contribution in [2.45, 2.75) is 39.8 Å². The lowest BCUT2D eigenvalue weighted by atomic mass is 9.85. The minimum atomic E-state index is -0.326. The van der Waals surface area contributed by atoms with Gasteiger partial charge in [0, 0.05) is 40.4 Å². The summed E-state index contributed by atoms with van der Waals surface area (Å²) in [6.45, 7) is 8.61. The second kappa shape index (κ2) is 10.1. The molecule has 1 aliphatic rings. The maximum atomic E-state index is 12.8. The number of aryl methyl sites for hydroxylation is 1. The third kappa shape index (κ3) is 5.36. The van der Waals surface area contributed by atoms with Gasteiger partial charge in [-0.15, -0.1) is 11.3 Å². The molecule has 0 fully saturated rings. The lowest BCUT2D eigenvalue weighted by Crippen LogP contribution is -2.32. The molecule has 3 aromatic rings. The third-order valence-corrected chi connectivity index (χ3v) is 6.82. The summed E-state index contributed by atoms with van der Waals surface area (Å²) >= 11 is 1.43. The van der Waals surface area contributed by atoms with Crippen molar-refractivity contribution in [1.29, 1.82) is 0 Å². The molecule has 0 aliphatic carbocycles. The number of fused-ring (bicyclic) bond motifs is 1. The number of hydrogen-bond acceptors (Lipinski definition) is 7. The molecule has 0 saturated carbocycles. The van der Waals surface area contributed by atoms with E-state index in [9.17, 15) is 4.79 Å². The van der Waals surface area contributed by atoms with Gasteiger partial charge in [-0.05, 0) is 69.2 Å². The highest BCUT2D eigenvalue weighted by Gasteiger charge is 2.27. The van der Waals surface area contributed by atoms with Crippen molar-refractivity contribution < 1.29 is 23.7 Å². The zero-order valence-corrected chi connectivity index (χ0v) is 21.8. The summed E-state index contributed by atoms with van der Waals surface area (Å²) in [6, 6.07) is 13.5. The molecule has 2 aromatic carbocycles. The lowest BCUT2D eigenvalue weighted by Gasteiger charge is -2.33. The van der Waals surface area contributed by atoms with E-state index in [0.29, 0.717) is 16.4 Å². The fourth-order valence-electron chi connectivity index (χ4n) is 4.47. The molecule has 6 nitrogen and oxygen atoms in total. The second-order valence-corrected chi connectivity index (χ2v) is 10.4. The Morgan fingerprint density at radius 2 is 1.80 bits per heavy atom. The number of allylic oxidation sites excluding steroid dienone is 1. The molecule has 4 rings (SSSR count). The fraction of sp³-hybridized carbons (Fsp3) is 0.321. The molecule has 0 radical (unpaired) electrons. The summed E-state index contributed by atoms with van der Waals surface area (Å²) in [5.41, 5.74) is 5.74. The molecule has 0 saturated heterocycles. The quantitative estimate of drug-likeness (QED) is 0.279. The van der Waals surface area contributed by atoms with Crippen molar-refractivity contribution in [2.75, 3.05) is 26.3 Å². The first kappa shape index (κ1) is 24.8. The van der Waals surface area contributed by atoms with Crippen molar-refractivity contribution in [2.24, 2.45) is 0 Å².